The SMILES string of the molecule is O=C(NCC(c1scnc1C(F)F)N1CCC(COc2ccnc(F)c2)CC1)c1c(F)cccc1Cl. The molecular formula is C24H23ClF4N4O2S. The number of carbonyl (C=O) groups is 1. The summed E-state index contributed by atoms with van der Waals surface area (Å²) in [5.41, 5.74) is 0.737. The Hall–Kier alpha value is -2.76. The smallest absolute Gasteiger partial charge is 0.281 e. The van der Waals surface area contributed by atoms with Gasteiger partial charge in [0.25, 0.3) is 12.3 Å². The Morgan fingerprint density at radius 2 is 2.00 bits per heavy atom. The molecule has 1 aromatic carbocycles. The minimum Gasteiger partial charge on any atom is -0.493 e. The van der Waals surface area contributed by atoms with Gasteiger partial charge in [0.1, 0.15) is 17.3 Å². The standard InChI is InChI=1S/C24H23ClF4N4O2S/c25-16-2-1-3-17(26)20(16)24(34)31-11-18(22-21(23(28)29)32-13-36-22)33-8-5-14(6-9-33)12-35-15-4-7-30-19(27)10-15/h1-4,7,10,13-14,18,23H,5-6,8-9,11-12H2,(H,31,34). The summed E-state index contributed by atoms with van der Waals surface area (Å²) >= 11 is 7.09. The molecule has 192 valence electrons. The molecule has 1 aliphatic rings. The summed E-state index contributed by atoms with van der Waals surface area (Å²) in [4.78, 5) is 22.4. The van der Waals surface area contributed by atoms with Crippen LogP contribution in [0.15, 0.2) is 42.0 Å². The maximum absolute atomic E-state index is 14.2. The van der Waals surface area contributed by atoms with Crippen LogP contribution in [-0.4, -0.2) is 47.0 Å². The minimum atomic E-state index is -2.77. The van der Waals surface area contributed by atoms with Crippen molar-refractivity contribution in [2.45, 2.75) is 25.3 Å². The molecule has 3 aromatic rings. The fraction of sp³-hybridized carbons (Fsp3) is 0.375. The van der Waals surface area contributed by atoms with Crippen molar-refractivity contribution in [3.05, 3.63) is 75.0 Å². The average molecular weight is 543 g/mol. The molecule has 3 heterocycles. The van der Waals surface area contributed by atoms with Crippen LogP contribution in [0, 0.1) is 17.7 Å². The Balaban J connectivity index is 1.43. The molecular weight excluding hydrogens is 520 g/mol. The molecule has 36 heavy (non-hydrogen) atoms. The van der Waals surface area contributed by atoms with E-state index in [1.807, 2.05) is 4.90 Å². The number of nitrogens with zero attached hydrogens (tertiary/aromatic N) is 3. The van der Waals surface area contributed by atoms with Crippen LogP contribution in [0.5, 0.6) is 5.75 Å². The topological polar surface area (TPSA) is 67.4 Å². The zero-order valence-corrected chi connectivity index (χ0v) is 20.5. The second kappa shape index (κ2) is 12.0. The number of pyridine rings is 1. The van der Waals surface area contributed by atoms with Crippen molar-refractivity contribution in [2.75, 3.05) is 26.2 Å². The maximum atomic E-state index is 14.2. The van der Waals surface area contributed by atoms with Gasteiger partial charge in [0.15, 0.2) is 0 Å². The second-order valence-corrected chi connectivity index (χ2v) is 9.62. The summed E-state index contributed by atoms with van der Waals surface area (Å²) in [5, 5.41) is 2.62. The van der Waals surface area contributed by atoms with E-state index in [4.69, 9.17) is 16.3 Å². The van der Waals surface area contributed by atoms with Gasteiger partial charge in [0, 0.05) is 18.8 Å². The molecule has 4 rings (SSSR count). The highest BCUT2D eigenvalue weighted by atomic mass is 35.5. The van der Waals surface area contributed by atoms with Gasteiger partial charge < -0.3 is 10.1 Å². The third-order valence-corrected chi connectivity index (χ3v) is 7.31. The molecule has 6 nitrogen and oxygen atoms in total. The highest BCUT2D eigenvalue weighted by Gasteiger charge is 2.32. The van der Waals surface area contributed by atoms with E-state index in [1.54, 1.807) is 6.07 Å². The lowest BCUT2D eigenvalue weighted by molar-refractivity contribution is 0.0870. The molecule has 0 bridgehead atoms. The van der Waals surface area contributed by atoms with E-state index in [2.05, 4.69) is 15.3 Å². The van der Waals surface area contributed by atoms with Gasteiger partial charge in [-0.3, -0.25) is 9.69 Å². The minimum absolute atomic E-state index is 0.0249. The Labute approximate surface area is 214 Å². The van der Waals surface area contributed by atoms with Crippen molar-refractivity contribution in [3.63, 3.8) is 0 Å². The largest absolute Gasteiger partial charge is 0.493 e. The Morgan fingerprint density at radius 1 is 1.22 bits per heavy atom. The maximum Gasteiger partial charge on any atom is 0.281 e. The van der Waals surface area contributed by atoms with E-state index in [0.29, 0.717) is 43.2 Å². The fourth-order valence-electron chi connectivity index (χ4n) is 4.18. The number of alkyl halides is 2. The van der Waals surface area contributed by atoms with Crippen LogP contribution in [0.25, 0.3) is 0 Å². The average Bonchev–Trinajstić information content (AvgIpc) is 3.34. The number of likely N-dealkylation sites (tertiary alicyclic amines) is 1. The highest BCUT2D eigenvalue weighted by Crippen LogP contribution is 2.35. The van der Waals surface area contributed by atoms with Crippen molar-refractivity contribution in [1.82, 2.24) is 20.2 Å². The van der Waals surface area contributed by atoms with Crippen LogP contribution >= 0.6 is 22.9 Å². The number of nitrogens with one attached hydrogen (secondary N) is 1. The molecule has 12 heteroatoms. The lowest BCUT2D eigenvalue weighted by Gasteiger charge is -2.37. The number of thiazole rings is 1. The van der Waals surface area contributed by atoms with Crippen molar-refractivity contribution < 1.29 is 27.1 Å². The van der Waals surface area contributed by atoms with E-state index >= 15 is 0 Å². The molecule has 1 N–H and O–H groups in total. The van der Waals surface area contributed by atoms with Gasteiger partial charge in [-0.1, -0.05) is 17.7 Å². The monoisotopic (exact) mass is 542 g/mol. The van der Waals surface area contributed by atoms with E-state index < -0.39 is 30.1 Å². The Morgan fingerprint density at radius 3 is 2.69 bits per heavy atom. The van der Waals surface area contributed by atoms with Gasteiger partial charge in [-0.2, -0.15) is 4.39 Å². The number of carbonyl (C=O) groups excluding carboxylic acids is 1. The molecule has 1 unspecified atom stereocenters. The molecule has 0 saturated carbocycles. The van der Waals surface area contributed by atoms with Crippen molar-refractivity contribution in [2.24, 2.45) is 5.92 Å². The first-order valence-corrected chi connectivity index (χ1v) is 12.5. The molecule has 1 saturated heterocycles. The normalized spacial score (nSPS) is 15.7. The predicted molar refractivity (Wildman–Crippen MR) is 128 cm³/mol. The van der Waals surface area contributed by atoms with E-state index in [-0.39, 0.29) is 28.7 Å². The van der Waals surface area contributed by atoms with Crippen LogP contribution in [0.3, 0.4) is 0 Å². The van der Waals surface area contributed by atoms with Gasteiger partial charge in [0.2, 0.25) is 5.95 Å². The zero-order valence-electron chi connectivity index (χ0n) is 19.0. The second-order valence-electron chi connectivity index (χ2n) is 8.33. The first-order valence-electron chi connectivity index (χ1n) is 11.3. The van der Waals surface area contributed by atoms with Crippen LogP contribution in [0.1, 0.15) is 46.2 Å². The predicted octanol–water partition coefficient (Wildman–Crippen LogP) is 5.67. The third kappa shape index (κ3) is 6.32. The van der Waals surface area contributed by atoms with E-state index in [9.17, 15) is 22.4 Å². The van der Waals surface area contributed by atoms with Gasteiger partial charge in [-0.15, -0.1) is 11.3 Å². The van der Waals surface area contributed by atoms with Crippen LogP contribution in [0.4, 0.5) is 17.6 Å². The lowest BCUT2D eigenvalue weighted by atomic mass is 9.96. The van der Waals surface area contributed by atoms with Gasteiger partial charge in [0.05, 0.1) is 33.6 Å². The number of hydrogen-bond donors (Lipinski definition) is 1. The molecule has 0 aliphatic carbocycles. The number of piperidine rings is 1. The Kier molecular flexibility index (Phi) is 8.76. The molecule has 1 amide bonds. The summed E-state index contributed by atoms with van der Waals surface area (Å²) < 4.78 is 60.4. The summed E-state index contributed by atoms with van der Waals surface area (Å²) in [6.07, 6.45) is -0.0202. The van der Waals surface area contributed by atoms with Gasteiger partial charge in [-0.25, -0.2) is 23.1 Å². The first kappa shape index (κ1) is 26.3. The van der Waals surface area contributed by atoms with Crippen molar-refractivity contribution >= 4 is 28.8 Å². The highest BCUT2D eigenvalue weighted by molar-refractivity contribution is 7.09. The Bertz CT molecular complexity index is 1170. The molecule has 2 aromatic heterocycles. The summed E-state index contributed by atoms with van der Waals surface area (Å²) in [6.45, 7) is 1.47. The van der Waals surface area contributed by atoms with E-state index in [1.165, 1.54) is 29.9 Å². The zero-order chi connectivity index (χ0) is 25.7. The van der Waals surface area contributed by atoms with Crippen molar-refractivity contribution in [3.8, 4) is 5.75 Å². The summed E-state index contributed by atoms with van der Waals surface area (Å²) in [5.74, 6) is -1.54. The number of amides is 1. The van der Waals surface area contributed by atoms with Crippen molar-refractivity contribution in [1.29, 1.82) is 0 Å². The quantitative estimate of drug-likeness (QED) is 0.279. The molecule has 0 radical (unpaired) electrons. The van der Waals surface area contributed by atoms with E-state index in [0.717, 1.165) is 17.4 Å². The number of benzene rings is 1. The fourth-order valence-corrected chi connectivity index (χ4v) is 5.36. The number of ether oxygens (including phenoxy) is 1. The van der Waals surface area contributed by atoms with Crippen LogP contribution < -0.4 is 10.1 Å². The number of halogens is 5. The molecule has 1 fully saturated rings. The number of aromatic nitrogens is 2. The van der Waals surface area contributed by atoms with Gasteiger partial charge in [-0.05, 0) is 50.0 Å². The van der Waals surface area contributed by atoms with Crippen LogP contribution in [0.2, 0.25) is 5.02 Å². The first-order chi connectivity index (χ1) is 17.3. The lowest BCUT2D eigenvalue weighted by Crippen LogP contribution is -2.43. The van der Waals surface area contributed by atoms with Gasteiger partial charge >= 0.3 is 0 Å². The summed E-state index contributed by atoms with van der Waals surface area (Å²) in [6, 6.07) is 6.14. The summed E-state index contributed by atoms with van der Waals surface area (Å²) in [7, 11) is 0. The molecule has 0 spiro atoms. The third-order valence-electron chi connectivity index (χ3n) is 6.05. The molecule has 1 atom stereocenters. The number of hydrogen-bond acceptors (Lipinski definition) is 6. The van der Waals surface area contributed by atoms with Crippen LogP contribution in [-0.2, 0) is 0 Å². The number of rotatable bonds is 9. The molecule has 1 aliphatic heterocycles.